The molecule has 0 saturated carbocycles. The fourth-order valence-electron chi connectivity index (χ4n) is 2.09. The smallest absolute Gasteiger partial charge is 0.316 e. The lowest BCUT2D eigenvalue weighted by Gasteiger charge is -2.32. The number of ether oxygens (including phenoxy) is 1. The van der Waals surface area contributed by atoms with Crippen LogP contribution in [0.1, 0.15) is 10.8 Å². The molecule has 7 heteroatoms. The molecule has 0 spiro atoms. The molecule has 0 bridgehead atoms. The maximum atomic E-state index is 11.9. The minimum Gasteiger partial charge on any atom is -0.468 e. The van der Waals surface area contributed by atoms with Crippen molar-refractivity contribution in [3.05, 3.63) is 22.4 Å². The predicted molar refractivity (Wildman–Crippen MR) is 74.7 cm³/mol. The molecule has 1 aliphatic rings. The highest BCUT2D eigenvalue weighted by Crippen LogP contribution is 2.44. The molecule has 1 fully saturated rings. The van der Waals surface area contributed by atoms with Crippen LogP contribution in [-0.2, 0) is 9.53 Å². The topological polar surface area (TPSA) is 97.8 Å². The minimum atomic E-state index is -0.799. The van der Waals surface area contributed by atoms with E-state index in [2.05, 4.69) is 6.07 Å². The van der Waals surface area contributed by atoms with E-state index in [4.69, 9.17) is 15.6 Å². The van der Waals surface area contributed by atoms with Gasteiger partial charge in [0.2, 0.25) is 0 Å². The van der Waals surface area contributed by atoms with E-state index in [1.807, 2.05) is 17.5 Å². The molecule has 0 radical (unpaired) electrons. The number of carbonyl (C=O) groups is 1. The zero-order valence-corrected chi connectivity index (χ0v) is 11.7. The molecule has 2 N–H and O–H groups in total. The molecule has 2 heterocycles. The second-order valence-corrected chi connectivity index (χ2v) is 6.04. The predicted octanol–water partition coefficient (Wildman–Crippen LogP) is 2.46. The monoisotopic (exact) mass is 293 g/mol. The number of methoxy groups -OCH3 is 1. The number of esters is 1. The Morgan fingerprint density at radius 3 is 2.74 bits per heavy atom. The molecule has 0 aliphatic carbocycles. The Balaban J connectivity index is 2.49. The Labute approximate surface area is 118 Å². The van der Waals surface area contributed by atoms with Gasteiger partial charge in [0.1, 0.15) is 11.8 Å². The number of hydrogen-bond donors (Lipinski definition) is 2. The number of carbonyl (C=O) groups excluding carboxylic acids is 1. The molecule has 3 unspecified atom stereocenters. The molecule has 19 heavy (non-hydrogen) atoms. The fraction of sp³-hybridized carbons (Fsp3) is 0.333. The van der Waals surface area contributed by atoms with Crippen molar-refractivity contribution in [1.82, 2.24) is 0 Å². The van der Waals surface area contributed by atoms with Gasteiger partial charge >= 0.3 is 5.97 Å². The van der Waals surface area contributed by atoms with Crippen LogP contribution in [0.25, 0.3) is 0 Å². The maximum absolute atomic E-state index is 11.9. The van der Waals surface area contributed by atoms with Gasteiger partial charge in [0.05, 0.1) is 23.3 Å². The van der Waals surface area contributed by atoms with Crippen molar-refractivity contribution in [2.45, 2.75) is 5.92 Å². The van der Waals surface area contributed by atoms with Gasteiger partial charge in [0.25, 0.3) is 0 Å². The average molecular weight is 293 g/mol. The summed E-state index contributed by atoms with van der Waals surface area (Å²) in [4.78, 5) is 12.7. The molecule has 5 nitrogen and oxygen atoms in total. The first kappa shape index (κ1) is 13.8. The van der Waals surface area contributed by atoms with Gasteiger partial charge in [0, 0.05) is 10.8 Å². The molecule has 1 aliphatic heterocycles. The third-order valence-electron chi connectivity index (χ3n) is 2.97. The first-order valence-corrected chi connectivity index (χ1v) is 7.15. The number of nitriles is 1. The van der Waals surface area contributed by atoms with Crippen molar-refractivity contribution in [2.24, 2.45) is 11.8 Å². The molecule has 2 rings (SSSR count). The van der Waals surface area contributed by atoms with Crippen molar-refractivity contribution >= 4 is 39.2 Å². The van der Waals surface area contributed by atoms with Crippen molar-refractivity contribution in [3.63, 3.8) is 0 Å². The minimum absolute atomic E-state index is 0.0711. The van der Waals surface area contributed by atoms with E-state index in [0.29, 0.717) is 0 Å². The zero-order chi connectivity index (χ0) is 14.0. The summed E-state index contributed by atoms with van der Waals surface area (Å²) in [5, 5.41) is 27.1. The van der Waals surface area contributed by atoms with Gasteiger partial charge < -0.3 is 4.74 Å². The SMILES string of the molecule is COC(=O)C1C(=N)SC(=N)C(C#N)C1c1cccs1. The molecule has 1 aromatic heterocycles. The lowest BCUT2D eigenvalue weighted by molar-refractivity contribution is -0.143. The first-order chi connectivity index (χ1) is 9.10. The Morgan fingerprint density at radius 2 is 2.21 bits per heavy atom. The van der Waals surface area contributed by atoms with Crippen molar-refractivity contribution in [1.29, 1.82) is 16.1 Å². The standard InChI is InChI=1S/C12H11N3O2S2/c1-17-12(16)9-8(7-3-2-4-18-7)6(5-13)10(14)19-11(9)15/h2-4,6,8-9,14-15H,1H3. The van der Waals surface area contributed by atoms with Crippen LogP contribution in [0.5, 0.6) is 0 Å². The Hall–Kier alpha value is -1.65. The van der Waals surface area contributed by atoms with Crippen molar-refractivity contribution in [3.8, 4) is 6.07 Å². The van der Waals surface area contributed by atoms with Crippen LogP contribution in [0.15, 0.2) is 17.5 Å². The Kier molecular flexibility index (Phi) is 4.02. The Morgan fingerprint density at radius 1 is 1.47 bits per heavy atom. The van der Waals surface area contributed by atoms with Gasteiger partial charge in [-0.3, -0.25) is 15.6 Å². The van der Waals surface area contributed by atoms with Gasteiger partial charge in [-0.1, -0.05) is 17.8 Å². The highest BCUT2D eigenvalue weighted by atomic mass is 32.2. The molecule has 98 valence electrons. The third kappa shape index (κ3) is 2.41. The van der Waals surface area contributed by atoms with Crippen LogP contribution in [0, 0.1) is 34.0 Å². The van der Waals surface area contributed by atoms with Gasteiger partial charge in [-0.15, -0.1) is 11.3 Å². The van der Waals surface area contributed by atoms with Crippen molar-refractivity contribution < 1.29 is 9.53 Å². The third-order valence-corrected chi connectivity index (χ3v) is 4.89. The number of thioether (sulfide) groups is 1. The largest absolute Gasteiger partial charge is 0.468 e. The molecule has 1 aromatic rings. The van der Waals surface area contributed by atoms with E-state index >= 15 is 0 Å². The summed E-state index contributed by atoms with van der Waals surface area (Å²) in [6.45, 7) is 0. The molecule has 0 amide bonds. The van der Waals surface area contributed by atoms with Crippen LogP contribution in [-0.4, -0.2) is 23.2 Å². The van der Waals surface area contributed by atoms with E-state index in [9.17, 15) is 10.1 Å². The summed E-state index contributed by atoms with van der Waals surface area (Å²) >= 11 is 2.30. The van der Waals surface area contributed by atoms with E-state index in [1.165, 1.54) is 18.4 Å². The Bertz CT molecular complexity index is 562. The van der Waals surface area contributed by atoms with Crippen molar-refractivity contribution in [2.75, 3.05) is 7.11 Å². The van der Waals surface area contributed by atoms with Gasteiger partial charge in [-0.25, -0.2) is 0 Å². The second-order valence-electron chi connectivity index (χ2n) is 3.98. The normalized spacial score (nSPS) is 26.8. The number of thiophene rings is 1. The van der Waals surface area contributed by atoms with Crippen LogP contribution < -0.4 is 0 Å². The quantitative estimate of drug-likeness (QED) is 0.818. The van der Waals surface area contributed by atoms with E-state index in [0.717, 1.165) is 16.6 Å². The summed E-state index contributed by atoms with van der Waals surface area (Å²) < 4.78 is 4.75. The van der Waals surface area contributed by atoms with Crippen LogP contribution in [0.4, 0.5) is 0 Å². The van der Waals surface area contributed by atoms with Crippen LogP contribution in [0.3, 0.4) is 0 Å². The van der Waals surface area contributed by atoms with Crippen LogP contribution >= 0.6 is 23.1 Å². The summed E-state index contributed by atoms with van der Waals surface area (Å²) in [5.74, 6) is -2.53. The zero-order valence-electron chi connectivity index (χ0n) is 10.0. The first-order valence-electron chi connectivity index (χ1n) is 5.45. The van der Waals surface area contributed by atoms with Crippen LogP contribution in [0.2, 0.25) is 0 Å². The summed E-state index contributed by atoms with van der Waals surface area (Å²) in [5.41, 5.74) is 0. The fourth-order valence-corrected chi connectivity index (χ4v) is 3.93. The van der Waals surface area contributed by atoms with Gasteiger partial charge in [0.15, 0.2) is 0 Å². The number of hydrogen-bond acceptors (Lipinski definition) is 7. The molecule has 1 saturated heterocycles. The number of rotatable bonds is 2. The molecule has 0 aromatic carbocycles. The lowest BCUT2D eigenvalue weighted by atomic mass is 9.81. The summed E-state index contributed by atoms with van der Waals surface area (Å²) in [7, 11) is 1.27. The van der Waals surface area contributed by atoms with E-state index in [1.54, 1.807) is 0 Å². The lowest BCUT2D eigenvalue weighted by Crippen LogP contribution is -2.39. The van der Waals surface area contributed by atoms with Gasteiger partial charge in [-0.05, 0) is 11.4 Å². The summed E-state index contributed by atoms with van der Waals surface area (Å²) in [6.07, 6.45) is 0. The molecular formula is C12H11N3O2S2. The summed E-state index contributed by atoms with van der Waals surface area (Å²) in [6, 6.07) is 5.74. The maximum Gasteiger partial charge on any atom is 0.316 e. The van der Waals surface area contributed by atoms with E-state index < -0.39 is 23.7 Å². The van der Waals surface area contributed by atoms with E-state index in [-0.39, 0.29) is 10.1 Å². The second kappa shape index (κ2) is 5.55. The number of nitrogens with zero attached hydrogens (tertiary/aromatic N) is 1. The number of nitrogens with one attached hydrogen (secondary N) is 2. The average Bonchev–Trinajstić information content (AvgIpc) is 2.90. The molecule has 3 atom stereocenters. The van der Waals surface area contributed by atoms with Gasteiger partial charge in [-0.2, -0.15) is 5.26 Å². The highest BCUT2D eigenvalue weighted by Gasteiger charge is 2.46. The molecular weight excluding hydrogens is 282 g/mol. The highest BCUT2D eigenvalue weighted by molar-refractivity contribution is 8.26.